The van der Waals surface area contributed by atoms with Gasteiger partial charge in [0.1, 0.15) is 5.88 Å². The molecule has 0 radical (unpaired) electrons. The average molecular weight is 261 g/mol. The molecule has 3 nitrogen and oxygen atoms in total. The normalized spacial score (nSPS) is 11.3. The van der Waals surface area contributed by atoms with Gasteiger partial charge in [0.05, 0.1) is 4.90 Å². The Kier molecular flexibility index (Phi) is 4.12. The lowest BCUT2D eigenvalue weighted by Crippen LogP contribution is -2.22. The first-order valence-electron chi connectivity index (χ1n) is 5.71. The van der Waals surface area contributed by atoms with Crippen molar-refractivity contribution in [3.63, 3.8) is 0 Å². The van der Waals surface area contributed by atoms with E-state index in [1.807, 2.05) is 30.3 Å². The molecule has 18 heavy (non-hydrogen) atoms. The molecule has 0 atom stereocenters. The molecule has 0 aliphatic heterocycles. The Morgan fingerprint density at radius 3 is 2.00 bits per heavy atom. The van der Waals surface area contributed by atoms with E-state index in [1.54, 1.807) is 30.3 Å². The molecular formula is C14H15NO2S. The lowest BCUT2D eigenvalue weighted by molar-refractivity contribution is 0.587. The van der Waals surface area contributed by atoms with E-state index < -0.39 is 9.84 Å². The molecule has 0 amide bonds. The number of hydrogen-bond donors (Lipinski definition) is 1. The van der Waals surface area contributed by atoms with Gasteiger partial charge >= 0.3 is 0 Å². The van der Waals surface area contributed by atoms with Crippen molar-refractivity contribution < 1.29 is 8.42 Å². The number of rotatable bonds is 5. The molecule has 0 spiro atoms. The molecule has 0 heterocycles. The second-order valence-corrected chi connectivity index (χ2v) is 5.97. The van der Waals surface area contributed by atoms with E-state index in [2.05, 4.69) is 5.32 Å². The molecule has 0 aliphatic rings. The van der Waals surface area contributed by atoms with Gasteiger partial charge in [-0.1, -0.05) is 48.5 Å². The van der Waals surface area contributed by atoms with E-state index in [9.17, 15) is 8.42 Å². The quantitative estimate of drug-likeness (QED) is 0.897. The Morgan fingerprint density at radius 1 is 0.833 bits per heavy atom. The predicted molar refractivity (Wildman–Crippen MR) is 71.8 cm³/mol. The number of nitrogens with one attached hydrogen (secondary N) is 1. The predicted octanol–water partition coefficient (Wildman–Crippen LogP) is 2.21. The van der Waals surface area contributed by atoms with Gasteiger partial charge in [0.25, 0.3) is 0 Å². The third kappa shape index (κ3) is 3.42. The van der Waals surface area contributed by atoms with Crippen molar-refractivity contribution >= 4 is 9.84 Å². The Bertz CT molecular complexity index is 580. The SMILES string of the molecule is O=S(=O)(CNCc1ccccc1)c1ccccc1. The Morgan fingerprint density at radius 2 is 1.39 bits per heavy atom. The monoisotopic (exact) mass is 261 g/mol. The van der Waals surface area contributed by atoms with Crippen LogP contribution in [-0.4, -0.2) is 14.3 Å². The van der Waals surface area contributed by atoms with Gasteiger partial charge in [-0.25, -0.2) is 8.42 Å². The maximum Gasteiger partial charge on any atom is 0.191 e. The highest BCUT2D eigenvalue weighted by Crippen LogP contribution is 2.09. The van der Waals surface area contributed by atoms with Gasteiger partial charge in [-0.05, 0) is 17.7 Å². The van der Waals surface area contributed by atoms with Crippen LogP contribution in [0.15, 0.2) is 65.6 Å². The van der Waals surface area contributed by atoms with Crippen LogP contribution in [0.2, 0.25) is 0 Å². The summed E-state index contributed by atoms with van der Waals surface area (Å²) in [4.78, 5) is 0.352. The first kappa shape index (κ1) is 12.8. The first-order valence-corrected chi connectivity index (χ1v) is 7.36. The van der Waals surface area contributed by atoms with Gasteiger partial charge in [0.15, 0.2) is 9.84 Å². The molecule has 0 saturated carbocycles. The summed E-state index contributed by atoms with van der Waals surface area (Å²) < 4.78 is 23.9. The molecule has 94 valence electrons. The first-order chi connectivity index (χ1) is 8.68. The van der Waals surface area contributed by atoms with E-state index in [4.69, 9.17) is 0 Å². The molecule has 0 aromatic heterocycles. The Balaban J connectivity index is 1.95. The summed E-state index contributed by atoms with van der Waals surface area (Å²) in [6.45, 7) is 0.549. The van der Waals surface area contributed by atoms with Crippen molar-refractivity contribution in [3.05, 3.63) is 66.2 Å². The lowest BCUT2D eigenvalue weighted by atomic mass is 10.2. The van der Waals surface area contributed by atoms with Crippen molar-refractivity contribution in [2.24, 2.45) is 0 Å². The van der Waals surface area contributed by atoms with E-state index >= 15 is 0 Å². The third-order valence-electron chi connectivity index (χ3n) is 2.57. The summed E-state index contributed by atoms with van der Waals surface area (Å²) in [5.41, 5.74) is 1.07. The zero-order valence-corrected chi connectivity index (χ0v) is 10.7. The maximum absolute atomic E-state index is 12.0. The molecule has 1 N–H and O–H groups in total. The minimum atomic E-state index is -3.24. The summed E-state index contributed by atoms with van der Waals surface area (Å²) in [7, 11) is -3.24. The van der Waals surface area contributed by atoms with Gasteiger partial charge in [-0.15, -0.1) is 0 Å². The molecule has 2 aromatic rings. The highest BCUT2D eigenvalue weighted by molar-refractivity contribution is 7.91. The largest absolute Gasteiger partial charge is 0.299 e. The minimum Gasteiger partial charge on any atom is -0.299 e. The standard InChI is InChI=1S/C14H15NO2S/c16-18(17,14-9-5-2-6-10-14)12-15-11-13-7-3-1-4-8-13/h1-10,15H,11-12H2. The summed E-state index contributed by atoms with van der Waals surface area (Å²) >= 11 is 0. The van der Waals surface area contributed by atoms with Crippen molar-refractivity contribution in [1.82, 2.24) is 5.32 Å². The van der Waals surface area contributed by atoms with E-state index in [1.165, 1.54) is 0 Å². The van der Waals surface area contributed by atoms with Crippen LogP contribution >= 0.6 is 0 Å². The number of hydrogen-bond acceptors (Lipinski definition) is 3. The van der Waals surface area contributed by atoms with E-state index in [0.29, 0.717) is 11.4 Å². The zero-order valence-electron chi connectivity index (χ0n) is 9.91. The fourth-order valence-electron chi connectivity index (χ4n) is 1.64. The van der Waals surface area contributed by atoms with Crippen LogP contribution in [0.1, 0.15) is 5.56 Å². The lowest BCUT2D eigenvalue weighted by Gasteiger charge is -2.06. The van der Waals surface area contributed by atoms with Gasteiger partial charge in [0.2, 0.25) is 0 Å². The third-order valence-corrected chi connectivity index (χ3v) is 4.14. The molecule has 0 fully saturated rings. The summed E-state index contributed by atoms with van der Waals surface area (Å²) in [5.74, 6) is -0.0497. The highest BCUT2D eigenvalue weighted by atomic mass is 32.2. The molecule has 2 aromatic carbocycles. The second kappa shape index (κ2) is 5.80. The molecular weight excluding hydrogens is 246 g/mol. The number of sulfone groups is 1. The smallest absolute Gasteiger partial charge is 0.191 e. The second-order valence-electron chi connectivity index (χ2n) is 3.98. The summed E-state index contributed by atoms with van der Waals surface area (Å²) in [6.07, 6.45) is 0. The fraction of sp³-hybridized carbons (Fsp3) is 0.143. The zero-order chi connectivity index (χ0) is 12.8. The summed E-state index contributed by atoms with van der Waals surface area (Å²) in [6, 6.07) is 18.2. The minimum absolute atomic E-state index is 0.0497. The Hall–Kier alpha value is -1.65. The van der Waals surface area contributed by atoms with Gasteiger partial charge < -0.3 is 0 Å². The average Bonchev–Trinajstić information content (AvgIpc) is 2.41. The van der Waals surface area contributed by atoms with Crippen molar-refractivity contribution in [3.8, 4) is 0 Å². The van der Waals surface area contributed by atoms with Gasteiger partial charge in [-0.3, -0.25) is 5.32 Å². The van der Waals surface area contributed by atoms with E-state index in [0.717, 1.165) is 5.56 Å². The molecule has 4 heteroatoms. The number of benzene rings is 2. The van der Waals surface area contributed by atoms with Crippen LogP contribution in [0, 0.1) is 0 Å². The van der Waals surface area contributed by atoms with E-state index in [-0.39, 0.29) is 5.88 Å². The summed E-state index contributed by atoms with van der Waals surface area (Å²) in [5, 5.41) is 2.95. The van der Waals surface area contributed by atoms with Crippen LogP contribution in [-0.2, 0) is 16.4 Å². The van der Waals surface area contributed by atoms with Crippen LogP contribution < -0.4 is 5.32 Å². The van der Waals surface area contributed by atoms with Crippen molar-refractivity contribution in [2.45, 2.75) is 11.4 Å². The molecule has 0 bridgehead atoms. The topological polar surface area (TPSA) is 46.2 Å². The fourth-order valence-corrected chi connectivity index (χ4v) is 2.75. The van der Waals surface area contributed by atoms with Gasteiger partial charge in [0, 0.05) is 6.54 Å². The Labute approximate surface area is 107 Å². The molecule has 0 saturated heterocycles. The highest BCUT2D eigenvalue weighted by Gasteiger charge is 2.12. The van der Waals surface area contributed by atoms with Crippen molar-refractivity contribution in [2.75, 3.05) is 5.88 Å². The van der Waals surface area contributed by atoms with Crippen LogP contribution in [0.3, 0.4) is 0 Å². The molecule has 2 rings (SSSR count). The van der Waals surface area contributed by atoms with Crippen LogP contribution in [0.25, 0.3) is 0 Å². The van der Waals surface area contributed by atoms with Crippen molar-refractivity contribution in [1.29, 1.82) is 0 Å². The van der Waals surface area contributed by atoms with Gasteiger partial charge in [-0.2, -0.15) is 0 Å². The molecule has 0 aliphatic carbocycles. The maximum atomic E-state index is 12.0. The molecule has 0 unspecified atom stereocenters. The van der Waals surface area contributed by atoms with Crippen LogP contribution in [0.5, 0.6) is 0 Å². The van der Waals surface area contributed by atoms with Crippen LogP contribution in [0.4, 0.5) is 0 Å².